The average molecular weight is 425 g/mol. The van der Waals surface area contributed by atoms with E-state index < -0.39 is 0 Å². The number of rotatable bonds is 8. The second-order valence-corrected chi connectivity index (χ2v) is 8.13. The second kappa shape index (κ2) is 10.1. The first kappa shape index (κ1) is 21.5. The third kappa shape index (κ3) is 5.30. The molecule has 0 fully saturated rings. The van der Waals surface area contributed by atoms with Gasteiger partial charge in [-0.3, -0.25) is 4.79 Å². The van der Waals surface area contributed by atoms with Gasteiger partial charge in [-0.1, -0.05) is 72.8 Å². The number of aromatic nitrogens is 2. The molecule has 1 heterocycles. The average Bonchev–Trinajstić information content (AvgIpc) is 2.82. The van der Waals surface area contributed by atoms with Gasteiger partial charge in [0, 0.05) is 36.5 Å². The monoisotopic (exact) mass is 424 g/mol. The minimum absolute atomic E-state index is 0.0414. The number of hydrogen-bond acceptors (Lipinski definition) is 4. The Hall–Kier alpha value is -3.73. The zero-order valence-electron chi connectivity index (χ0n) is 18.5. The van der Waals surface area contributed by atoms with Gasteiger partial charge < -0.3 is 10.2 Å². The molecule has 162 valence electrons. The lowest BCUT2D eigenvalue weighted by molar-refractivity contribution is -0.121. The first-order valence-corrected chi connectivity index (χ1v) is 11.0. The van der Waals surface area contributed by atoms with Crippen LogP contribution < -0.4 is 10.2 Å². The highest BCUT2D eigenvalue weighted by Gasteiger charge is 2.17. The van der Waals surface area contributed by atoms with Gasteiger partial charge in [-0.05, 0) is 31.5 Å². The van der Waals surface area contributed by atoms with Gasteiger partial charge in [-0.15, -0.1) is 0 Å². The summed E-state index contributed by atoms with van der Waals surface area (Å²) in [5, 5.41) is 3.97. The highest BCUT2D eigenvalue weighted by Crippen LogP contribution is 2.28. The number of nitrogens with zero attached hydrogens (tertiary/aromatic N) is 3. The molecule has 0 aliphatic heterocycles. The molecule has 4 aromatic rings. The molecule has 0 spiro atoms. The fourth-order valence-electron chi connectivity index (χ4n) is 3.71. The summed E-state index contributed by atoms with van der Waals surface area (Å²) in [7, 11) is 0. The van der Waals surface area contributed by atoms with Crippen molar-refractivity contribution in [2.75, 3.05) is 11.4 Å². The molecule has 5 heteroatoms. The molecule has 4 rings (SSSR count). The van der Waals surface area contributed by atoms with Crippen LogP contribution in [-0.4, -0.2) is 28.5 Å². The van der Waals surface area contributed by atoms with Crippen LogP contribution in [0.4, 0.5) is 5.82 Å². The summed E-state index contributed by atoms with van der Waals surface area (Å²) in [5.41, 5.74) is 3.03. The Labute approximate surface area is 189 Å². The van der Waals surface area contributed by atoms with Crippen LogP contribution in [0, 0.1) is 0 Å². The lowest BCUT2D eigenvalue weighted by Crippen LogP contribution is -2.34. The van der Waals surface area contributed by atoms with Gasteiger partial charge in [0.25, 0.3) is 0 Å². The Morgan fingerprint density at radius 3 is 2.25 bits per heavy atom. The first-order valence-electron chi connectivity index (χ1n) is 11.0. The molecule has 0 atom stereocenters. The zero-order chi connectivity index (χ0) is 22.3. The van der Waals surface area contributed by atoms with Crippen molar-refractivity contribution in [3.63, 3.8) is 0 Å². The standard InChI is InChI=1S/C27H28N4O/c1-20(2)28-25(32)17-18-31(19-21-11-5-3-6-12-21)27-23-15-9-10-16-24(23)29-26(30-27)22-13-7-4-8-14-22/h3-16,20H,17-19H2,1-2H3,(H,28,32). The molecule has 0 radical (unpaired) electrons. The Morgan fingerprint density at radius 1 is 0.875 bits per heavy atom. The normalized spacial score (nSPS) is 11.0. The Morgan fingerprint density at radius 2 is 1.53 bits per heavy atom. The van der Waals surface area contributed by atoms with Crippen molar-refractivity contribution in [3.05, 3.63) is 90.5 Å². The summed E-state index contributed by atoms with van der Waals surface area (Å²) in [6.07, 6.45) is 0.393. The second-order valence-electron chi connectivity index (χ2n) is 8.13. The summed E-state index contributed by atoms with van der Waals surface area (Å²) in [6, 6.07) is 28.5. The molecule has 0 saturated carbocycles. The van der Waals surface area contributed by atoms with Crippen LogP contribution in [0.15, 0.2) is 84.9 Å². The van der Waals surface area contributed by atoms with E-state index in [4.69, 9.17) is 9.97 Å². The summed E-state index contributed by atoms with van der Waals surface area (Å²) < 4.78 is 0. The lowest BCUT2D eigenvalue weighted by Gasteiger charge is -2.26. The summed E-state index contributed by atoms with van der Waals surface area (Å²) in [5.74, 6) is 1.57. The summed E-state index contributed by atoms with van der Waals surface area (Å²) in [4.78, 5) is 24.4. The van der Waals surface area contributed by atoms with Gasteiger partial charge >= 0.3 is 0 Å². The maximum atomic E-state index is 12.4. The number of carbonyl (C=O) groups excluding carboxylic acids is 1. The molecule has 0 saturated heterocycles. The van der Waals surface area contributed by atoms with Crippen molar-refractivity contribution in [2.24, 2.45) is 0 Å². The van der Waals surface area contributed by atoms with Gasteiger partial charge in [0.05, 0.1) is 5.52 Å². The van der Waals surface area contributed by atoms with E-state index >= 15 is 0 Å². The predicted octanol–water partition coefficient (Wildman–Crippen LogP) is 5.22. The Bertz CT molecular complexity index is 1180. The fourth-order valence-corrected chi connectivity index (χ4v) is 3.71. The smallest absolute Gasteiger partial charge is 0.221 e. The van der Waals surface area contributed by atoms with Crippen molar-refractivity contribution >= 4 is 22.6 Å². The molecule has 0 bridgehead atoms. The van der Waals surface area contributed by atoms with Crippen molar-refractivity contribution in [3.8, 4) is 11.4 Å². The molecule has 1 N–H and O–H groups in total. The number of hydrogen-bond donors (Lipinski definition) is 1. The molecule has 0 aliphatic rings. The minimum Gasteiger partial charge on any atom is -0.354 e. The molecule has 0 unspecified atom stereocenters. The van der Waals surface area contributed by atoms with Crippen molar-refractivity contribution < 1.29 is 4.79 Å². The number of benzene rings is 3. The van der Waals surface area contributed by atoms with Crippen LogP contribution in [0.5, 0.6) is 0 Å². The number of para-hydroxylation sites is 1. The van der Waals surface area contributed by atoms with E-state index in [0.29, 0.717) is 25.3 Å². The molecule has 5 nitrogen and oxygen atoms in total. The third-order valence-electron chi connectivity index (χ3n) is 5.19. The largest absolute Gasteiger partial charge is 0.354 e. The maximum Gasteiger partial charge on any atom is 0.221 e. The summed E-state index contributed by atoms with van der Waals surface area (Å²) in [6.45, 7) is 5.17. The van der Waals surface area contributed by atoms with Gasteiger partial charge in [0.1, 0.15) is 5.82 Å². The van der Waals surface area contributed by atoms with E-state index in [2.05, 4.69) is 22.3 Å². The van der Waals surface area contributed by atoms with Gasteiger partial charge in [0.2, 0.25) is 5.91 Å². The summed E-state index contributed by atoms with van der Waals surface area (Å²) >= 11 is 0. The number of fused-ring (bicyclic) bond motifs is 1. The van der Waals surface area contributed by atoms with E-state index in [1.165, 1.54) is 5.56 Å². The lowest BCUT2D eigenvalue weighted by atomic mass is 10.1. The quantitative estimate of drug-likeness (QED) is 0.421. The van der Waals surface area contributed by atoms with Gasteiger partial charge in [-0.2, -0.15) is 0 Å². The van der Waals surface area contributed by atoms with Gasteiger partial charge in [0.15, 0.2) is 5.82 Å². The minimum atomic E-state index is 0.0414. The van der Waals surface area contributed by atoms with Crippen LogP contribution in [0.25, 0.3) is 22.3 Å². The Kier molecular flexibility index (Phi) is 6.75. The van der Waals surface area contributed by atoms with Crippen LogP contribution in [-0.2, 0) is 11.3 Å². The zero-order valence-corrected chi connectivity index (χ0v) is 18.5. The van der Waals surface area contributed by atoms with Crippen LogP contribution >= 0.6 is 0 Å². The van der Waals surface area contributed by atoms with Crippen LogP contribution in [0.3, 0.4) is 0 Å². The van der Waals surface area contributed by atoms with Crippen LogP contribution in [0.2, 0.25) is 0 Å². The van der Waals surface area contributed by atoms with E-state index in [9.17, 15) is 4.79 Å². The van der Waals surface area contributed by atoms with Crippen molar-refractivity contribution in [1.82, 2.24) is 15.3 Å². The molecular formula is C27H28N4O. The number of carbonyl (C=O) groups is 1. The number of anilines is 1. The Balaban J connectivity index is 1.76. The number of amides is 1. The predicted molar refractivity (Wildman–Crippen MR) is 130 cm³/mol. The topological polar surface area (TPSA) is 58.1 Å². The molecule has 1 aromatic heterocycles. The van der Waals surface area contributed by atoms with Crippen molar-refractivity contribution in [2.45, 2.75) is 32.9 Å². The fraction of sp³-hybridized carbons (Fsp3) is 0.222. The van der Waals surface area contributed by atoms with E-state index in [0.717, 1.165) is 22.3 Å². The third-order valence-corrected chi connectivity index (χ3v) is 5.19. The highest BCUT2D eigenvalue weighted by molar-refractivity contribution is 5.91. The van der Waals surface area contributed by atoms with Crippen molar-refractivity contribution in [1.29, 1.82) is 0 Å². The molecule has 1 amide bonds. The molecule has 0 aliphatic carbocycles. The number of nitrogens with one attached hydrogen (secondary N) is 1. The highest BCUT2D eigenvalue weighted by atomic mass is 16.1. The van der Waals surface area contributed by atoms with E-state index in [1.807, 2.05) is 86.6 Å². The maximum absolute atomic E-state index is 12.4. The van der Waals surface area contributed by atoms with Gasteiger partial charge in [-0.25, -0.2) is 9.97 Å². The van der Waals surface area contributed by atoms with E-state index in [1.54, 1.807) is 0 Å². The first-order chi connectivity index (χ1) is 15.6. The van der Waals surface area contributed by atoms with Crippen LogP contribution in [0.1, 0.15) is 25.8 Å². The molecule has 3 aromatic carbocycles. The van der Waals surface area contributed by atoms with E-state index in [-0.39, 0.29) is 11.9 Å². The molecular weight excluding hydrogens is 396 g/mol. The SMILES string of the molecule is CC(C)NC(=O)CCN(Cc1ccccc1)c1nc(-c2ccccc2)nc2ccccc12. The molecule has 32 heavy (non-hydrogen) atoms.